The first-order chi connectivity index (χ1) is 9.27. The zero-order chi connectivity index (χ0) is 13.2. The third-order valence-electron chi connectivity index (χ3n) is 4.49. The van der Waals surface area contributed by atoms with Crippen molar-refractivity contribution < 1.29 is 4.79 Å². The minimum absolute atomic E-state index is 0.149. The summed E-state index contributed by atoms with van der Waals surface area (Å²) in [4.78, 5) is 21.1. The number of hydrogen-bond acceptors (Lipinski definition) is 3. The number of likely N-dealkylation sites (N-methyl/N-ethyl adjacent to an activating group) is 1. The molecular formula is C15H21N3O. The van der Waals surface area contributed by atoms with Gasteiger partial charge in [-0.25, -0.2) is 0 Å². The zero-order valence-corrected chi connectivity index (χ0v) is 11.5. The van der Waals surface area contributed by atoms with Gasteiger partial charge in [0.1, 0.15) is 0 Å². The van der Waals surface area contributed by atoms with Crippen molar-refractivity contribution in [1.82, 2.24) is 14.8 Å². The summed E-state index contributed by atoms with van der Waals surface area (Å²) < 4.78 is 0. The maximum atomic E-state index is 12.6. The molecule has 1 aromatic heterocycles. The molecule has 0 aromatic carbocycles. The number of amides is 1. The third kappa shape index (κ3) is 2.37. The van der Waals surface area contributed by atoms with Crippen LogP contribution in [0.25, 0.3) is 0 Å². The molecule has 102 valence electrons. The molecular weight excluding hydrogens is 238 g/mol. The first kappa shape index (κ1) is 12.6. The molecule has 3 heterocycles. The molecule has 0 radical (unpaired) electrons. The van der Waals surface area contributed by atoms with Crippen LogP contribution >= 0.6 is 0 Å². The summed E-state index contributed by atoms with van der Waals surface area (Å²) in [7, 11) is 2.18. The van der Waals surface area contributed by atoms with Crippen LogP contribution < -0.4 is 0 Å². The first-order valence-corrected chi connectivity index (χ1v) is 7.18. The number of rotatable bonds is 2. The summed E-state index contributed by atoms with van der Waals surface area (Å²) in [5.41, 5.74) is 0.718. The van der Waals surface area contributed by atoms with Gasteiger partial charge in [-0.05, 0) is 51.4 Å². The zero-order valence-electron chi connectivity index (χ0n) is 11.5. The highest BCUT2D eigenvalue weighted by Gasteiger charge is 2.38. The molecule has 19 heavy (non-hydrogen) atoms. The lowest BCUT2D eigenvalue weighted by Gasteiger charge is -2.33. The Morgan fingerprint density at radius 1 is 1.26 bits per heavy atom. The van der Waals surface area contributed by atoms with Gasteiger partial charge in [0, 0.05) is 31.0 Å². The summed E-state index contributed by atoms with van der Waals surface area (Å²) in [5, 5.41) is 0. The minimum atomic E-state index is 0.149. The fraction of sp³-hybridized carbons (Fsp3) is 0.600. The van der Waals surface area contributed by atoms with E-state index in [4.69, 9.17) is 0 Å². The largest absolute Gasteiger partial charge is 0.334 e. The summed E-state index contributed by atoms with van der Waals surface area (Å²) in [6.07, 6.45) is 8.13. The number of carbonyl (C=O) groups is 1. The average molecular weight is 259 g/mol. The van der Waals surface area contributed by atoms with Crippen molar-refractivity contribution in [2.24, 2.45) is 0 Å². The number of aromatic nitrogens is 1. The van der Waals surface area contributed by atoms with Crippen molar-refractivity contribution in [2.75, 3.05) is 20.1 Å². The molecule has 2 atom stereocenters. The molecule has 0 spiro atoms. The highest BCUT2D eigenvalue weighted by molar-refractivity contribution is 5.94. The molecule has 0 aliphatic carbocycles. The highest BCUT2D eigenvalue weighted by atomic mass is 16.2. The van der Waals surface area contributed by atoms with E-state index in [0.29, 0.717) is 12.1 Å². The Labute approximate surface area is 114 Å². The lowest BCUT2D eigenvalue weighted by molar-refractivity contribution is 0.0664. The van der Waals surface area contributed by atoms with Crippen LogP contribution in [0.1, 0.15) is 36.0 Å². The minimum Gasteiger partial charge on any atom is -0.334 e. The number of nitrogens with zero attached hydrogens (tertiary/aromatic N) is 3. The molecule has 3 rings (SSSR count). The van der Waals surface area contributed by atoms with E-state index in [2.05, 4.69) is 21.8 Å². The second kappa shape index (κ2) is 5.29. The van der Waals surface area contributed by atoms with Crippen LogP contribution in [0.2, 0.25) is 0 Å². The molecule has 4 heteroatoms. The van der Waals surface area contributed by atoms with Gasteiger partial charge in [-0.1, -0.05) is 0 Å². The second-order valence-electron chi connectivity index (χ2n) is 5.64. The van der Waals surface area contributed by atoms with Gasteiger partial charge in [0.05, 0.1) is 5.56 Å². The normalized spacial score (nSPS) is 27.9. The molecule has 0 saturated carbocycles. The van der Waals surface area contributed by atoms with Crippen molar-refractivity contribution in [3.05, 3.63) is 30.1 Å². The monoisotopic (exact) mass is 259 g/mol. The van der Waals surface area contributed by atoms with E-state index >= 15 is 0 Å². The van der Waals surface area contributed by atoms with Gasteiger partial charge in [0.2, 0.25) is 0 Å². The van der Waals surface area contributed by atoms with Crippen LogP contribution in [-0.4, -0.2) is 52.9 Å². The summed E-state index contributed by atoms with van der Waals surface area (Å²) in [5.74, 6) is 0.149. The SMILES string of the molecule is CN1CCC[C@H]1[C@H]1CCCN1C(=O)c1cccnc1. The summed E-state index contributed by atoms with van der Waals surface area (Å²) >= 11 is 0. The van der Waals surface area contributed by atoms with Crippen LogP contribution in [0.15, 0.2) is 24.5 Å². The molecule has 1 aromatic rings. The fourth-order valence-electron chi connectivity index (χ4n) is 3.52. The van der Waals surface area contributed by atoms with Gasteiger partial charge in [-0.2, -0.15) is 0 Å². The van der Waals surface area contributed by atoms with Crippen molar-refractivity contribution in [2.45, 2.75) is 37.8 Å². The van der Waals surface area contributed by atoms with E-state index in [1.54, 1.807) is 12.4 Å². The van der Waals surface area contributed by atoms with Crippen molar-refractivity contribution in [3.63, 3.8) is 0 Å². The van der Waals surface area contributed by atoms with Crippen LogP contribution in [0.4, 0.5) is 0 Å². The maximum Gasteiger partial charge on any atom is 0.255 e. The number of likely N-dealkylation sites (tertiary alicyclic amines) is 2. The Hall–Kier alpha value is -1.42. The Morgan fingerprint density at radius 3 is 2.74 bits per heavy atom. The molecule has 1 amide bonds. The van der Waals surface area contributed by atoms with E-state index in [1.807, 2.05) is 12.1 Å². The van der Waals surface area contributed by atoms with E-state index in [1.165, 1.54) is 12.8 Å². The Bertz CT molecular complexity index is 448. The molecule has 2 fully saturated rings. The molecule has 2 aliphatic heterocycles. The van der Waals surface area contributed by atoms with E-state index in [-0.39, 0.29) is 5.91 Å². The second-order valence-corrected chi connectivity index (χ2v) is 5.64. The van der Waals surface area contributed by atoms with Gasteiger partial charge in [0.25, 0.3) is 5.91 Å². The first-order valence-electron chi connectivity index (χ1n) is 7.18. The van der Waals surface area contributed by atoms with Crippen molar-refractivity contribution in [1.29, 1.82) is 0 Å². The lowest BCUT2D eigenvalue weighted by atomic mass is 10.0. The predicted octanol–water partition coefficient (Wildman–Crippen LogP) is 1.78. The molecule has 0 unspecified atom stereocenters. The van der Waals surface area contributed by atoms with Gasteiger partial charge < -0.3 is 9.80 Å². The van der Waals surface area contributed by atoms with Gasteiger partial charge in [0.15, 0.2) is 0 Å². The molecule has 0 N–H and O–H groups in total. The summed E-state index contributed by atoms with van der Waals surface area (Å²) in [6, 6.07) is 4.63. The topological polar surface area (TPSA) is 36.4 Å². The fourth-order valence-corrected chi connectivity index (χ4v) is 3.52. The molecule has 4 nitrogen and oxygen atoms in total. The van der Waals surface area contributed by atoms with Gasteiger partial charge in [-0.15, -0.1) is 0 Å². The molecule has 2 saturated heterocycles. The predicted molar refractivity (Wildman–Crippen MR) is 73.9 cm³/mol. The average Bonchev–Trinajstić information content (AvgIpc) is 3.07. The van der Waals surface area contributed by atoms with Crippen LogP contribution in [-0.2, 0) is 0 Å². The smallest absolute Gasteiger partial charge is 0.255 e. The molecule has 0 bridgehead atoms. The number of carbonyl (C=O) groups excluding carboxylic acids is 1. The van der Waals surface area contributed by atoms with E-state index < -0.39 is 0 Å². The number of hydrogen-bond donors (Lipinski definition) is 0. The van der Waals surface area contributed by atoms with Gasteiger partial charge >= 0.3 is 0 Å². The van der Waals surface area contributed by atoms with Crippen LogP contribution in [0.5, 0.6) is 0 Å². The quantitative estimate of drug-likeness (QED) is 0.812. The third-order valence-corrected chi connectivity index (χ3v) is 4.49. The summed E-state index contributed by atoms with van der Waals surface area (Å²) in [6.45, 7) is 2.05. The van der Waals surface area contributed by atoms with E-state index in [9.17, 15) is 4.79 Å². The van der Waals surface area contributed by atoms with E-state index in [0.717, 1.165) is 31.5 Å². The standard InChI is InChI=1S/C15H21N3O/c1-17-9-3-6-13(17)14-7-4-10-18(14)15(19)12-5-2-8-16-11-12/h2,5,8,11,13-14H,3-4,6-7,9-10H2,1H3/t13-,14+/m0/s1. The van der Waals surface area contributed by atoms with Crippen LogP contribution in [0.3, 0.4) is 0 Å². The Balaban J connectivity index is 1.78. The Kier molecular flexibility index (Phi) is 3.51. The maximum absolute atomic E-state index is 12.6. The number of pyridine rings is 1. The molecule has 2 aliphatic rings. The van der Waals surface area contributed by atoms with Gasteiger partial charge in [-0.3, -0.25) is 9.78 Å². The van der Waals surface area contributed by atoms with Crippen molar-refractivity contribution >= 4 is 5.91 Å². The Morgan fingerprint density at radius 2 is 2.05 bits per heavy atom. The lowest BCUT2D eigenvalue weighted by Crippen LogP contribution is -2.47. The van der Waals surface area contributed by atoms with Crippen molar-refractivity contribution in [3.8, 4) is 0 Å². The van der Waals surface area contributed by atoms with Crippen LogP contribution in [0, 0.1) is 0 Å². The highest BCUT2D eigenvalue weighted by Crippen LogP contribution is 2.29.